The number of aromatic nitrogens is 2. The van der Waals surface area contributed by atoms with Crippen molar-refractivity contribution >= 4 is 11.9 Å². The van der Waals surface area contributed by atoms with Gasteiger partial charge in [0, 0.05) is 38.0 Å². The second-order valence-electron chi connectivity index (χ2n) is 7.72. The zero-order chi connectivity index (χ0) is 19.6. The summed E-state index contributed by atoms with van der Waals surface area (Å²) in [5, 5.41) is 4.57. The minimum atomic E-state index is -0.586. The number of amides is 1. The van der Waals surface area contributed by atoms with Gasteiger partial charge in [-0.1, -0.05) is 0 Å². The second kappa shape index (κ2) is 8.00. The summed E-state index contributed by atoms with van der Waals surface area (Å²) in [4.78, 5) is 27.3. The Morgan fingerprint density at radius 3 is 2.67 bits per heavy atom. The van der Waals surface area contributed by atoms with Crippen LogP contribution in [0.3, 0.4) is 0 Å². The minimum Gasteiger partial charge on any atom is -0.458 e. The predicted octanol–water partition coefficient (Wildman–Crippen LogP) is 2.37. The van der Waals surface area contributed by atoms with Crippen LogP contribution >= 0.6 is 0 Å². The van der Waals surface area contributed by atoms with Gasteiger partial charge in [0.15, 0.2) is 0 Å². The molecule has 1 amide bonds. The van der Waals surface area contributed by atoms with Crippen LogP contribution in [0, 0.1) is 19.8 Å². The van der Waals surface area contributed by atoms with Gasteiger partial charge in [-0.15, -0.1) is 0 Å². The molecule has 1 aliphatic carbocycles. The van der Waals surface area contributed by atoms with Crippen LogP contribution in [0.5, 0.6) is 0 Å². The number of methoxy groups -OCH3 is 1. The first-order valence-corrected chi connectivity index (χ1v) is 9.94. The van der Waals surface area contributed by atoms with Crippen LogP contribution in [0.2, 0.25) is 0 Å². The van der Waals surface area contributed by atoms with E-state index in [-0.39, 0.29) is 24.2 Å². The Kier molecular flexibility index (Phi) is 5.89. The van der Waals surface area contributed by atoms with E-state index in [1.807, 2.05) is 23.4 Å². The molecule has 3 rings (SSSR count). The molecule has 1 aromatic rings. The van der Waals surface area contributed by atoms with Crippen molar-refractivity contribution in [3.05, 3.63) is 17.0 Å². The third kappa shape index (κ3) is 3.74. The lowest BCUT2D eigenvalue weighted by atomic mass is 9.84. The number of rotatable bonds is 7. The Bertz CT molecular complexity index is 706. The Morgan fingerprint density at radius 1 is 1.37 bits per heavy atom. The van der Waals surface area contributed by atoms with E-state index in [1.165, 1.54) is 0 Å². The predicted molar refractivity (Wildman–Crippen MR) is 100 cm³/mol. The number of carbonyl (C=O) groups excluding carboxylic acids is 2. The standard InChI is InChI=1S/C20H31N3O4/c1-5-23-15(3)16(14(2)21-23)13-22(10-11-26-4)19(25)17-12-18(24)27-20(17)8-6-7-9-20/h17H,5-13H2,1-4H3/t17-/m1/s1. The summed E-state index contributed by atoms with van der Waals surface area (Å²) in [5.74, 6) is -0.623. The number of ether oxygens (including phenoxy) is 2. The van der Waals surface area contributed by atoms with Crippen molar-refractivity contribution in [2.75, 3.05) is 20.3 Å². The Morgan fingerprint density at radius 2 is 2.07 bits per heavy atom. The molecule has 1 saturated heterocycles. The Hall–Kier alpha value is -1.89. The average Bonchev–Trinajstić information content (AvgIpc) is 3.31. The second-order valence-corrected chi connectivity index (χ2v) is 7.72. The number of hydrogen-bond acceptors (Lipinski definition) is 5. The van der Waals surface area contributed by atoms with Gasteiger partial charge in [0.25, 0.3) is 0 Å². The molecule has 0 N–H and O–H groups in total. The van der Waals surface area contributed by atoms with E-state index in [0.717, 1.165) is 49.2 Å². The highest BCUT2D eigenvalue weighted by molar-refractivity contribution is 5.88. The quantitative estimate of drug-likeness (QED) is 0.682. The molecule has 2 heterocycles. The molecule has 1 aromatic heterocycles. The fourth-order valence-electron chi connectivity index (χ4n) is 4.58. The normalized spacial score (nSPS) is 21.0. The topological polar surface area (TPSA) is 73.7 Å². The van der Waals surface area contributed by atoms with Crippen LogP contribution in [0.25, 0.3) is 0 Å². The van der Waals surface area contributed by atoms with E-state index in [1.54, 1.807) is 7.11 Å². The SMILES string of the molecule is CCn1nc(C)c(CN(CCOC)C(=O)[C@H]2CC(=O)OC23CCCC3)c1C. The van der Waals surface area contributed by atoms with Crippen LogP contribution in [-0.4, -0.2) is 52.4 Å². The summed E-state index contributed by atoms with van der Waals surface area (Å²) in [5.41, 5.74) is 2.52. The van der Waals surface area contributed by atoms with Gasteiger partial charge in [-0.3, -0.25) is 14.3 Å². The van der Waals surface area contributed by atoms with E-state index in [2.05, 4.69) is 12.0 Å². The summed E-state index contributed by atoms with van der Waals surface area (Å²) in [6.45, 7) is 8.31. The molecule has 7 nitrogen and oxygen atoms in total. The van der Waals surface area contributed by atoms with Gasteiger partial charge in [-0.25, -0.2) is 0 Å². The monoisotopic (exact) mass is 377 g/mol. The van der Waals surface area contributed by atoms with Gasteiger partial charge < -0.3 is 14.4 Å². The summed E-state index contributed by atoms with van der Waals surface area (Å²) >= 11 is 0. The van der Waals surface area contributed by atoms with Crippen LogP contribution in [-0.2, 0) is 32.2 Å². The molecular weight excluding hydrogens is 346 g/mol. The van der Waals surface area contributed by atoms with E-state index in [4.69, 9.17) is 9.47 Å². The third-order valence-corrected chi connectivity index (χ3v) is 6.13. The molecule has 1 spiro atoms. The fourth-order valence-corrected chi connectivity index (χ4v) is 4.58. The van der Waals surface area contributed by atoms with Gasteiger partial charge in [0.2, 0.25) is 5.91 Å². The molecular formula is C20H31N3O4. The van der Waals surface area contributed by atoms with Crippen molar-refractivity contribution in [3.63, 3.8) is 0 Å². The highest BCUT2D eigenvalue weighted by atomic mass is 16.6. The van der Waals surface area contributed by atoms with E-state index < -0.39 is 5.60 Å². The van der Waals surface area contributed by atoms with Crippen molar-refractivity contribution in [1.29, 1.82) is 0 Å². The largest absolute Gasteiger partial charge is 0.458 e. The van der Waals surface area contributed by atoms with Crippen molar-refractivity contribution in [2.45, 2.75) is 71.6 Å². The molecule has 1 aliphatic heterocycles. The first kappa shape index (κ1) is 19.9. The van der Waals surface area contributed by atoms with Gasteiger partial charge in [0.05, 0.1) is 24.6 Å². The average molecular weight is 377 g/mol. The molecule has 2 fully saturated rings. The number of aryl methyl sites for hydroxylation is 2. The van der Waals surface area contributed by atoms with Crippen LogP contribution in [0.4, 0.5) is 0 Å². The van der Waals surface area contributed by atoms with Crippen molar-refractivity contribution in [2.24, 2.45) is 5.92 Å². The summed E-state index contributed by atoms with van der Waals surface area (Å²) < 4.78 is 12.9. The van der Waals surface area contributed by atoms with E-state index >= 15 is 0 Å². The lowest BCUT2D eigenvalue weighted by molar-refractivity contribution is -0.152. The molecule has 2 aliphatic rings. The van der Waals surface area contributed by atoms with Crippen molar-refractivity contribution < 1.29 is 19.1 Å². The molecule has 0 bridgehead atoms. The minimum absolute atomic E-state index is 0.00264. The van der Waals surface area contributed by atoms with Gasteiger partial charge in [-0.2, -0.15) is 5.10 Å². The third-order valence-electron chi connectivity index (χ3n) is 6.13. The molecule has 27 heavy (non-hydrogen) atoms. The molecule has 0 unspecified atom stereocenters. The smallest absolute Gasteiger partial charge is 0.307 e. The van der Waals surface area contributed by atoms with Gasteiger partial charge in [-0.05, 0) is 46.5 Å². The maximum atomic E-state index is 13.5. The maximum absolute atomic E-state index is 13.5. The molecule has 0 aromatic carbocycles. The van der Waals surface area contributed by atoms with E-state index in [9.17, 15) is 9.59 Å². The Balaban J connectivity index is 1.85. The Labute approximate surface area is 161 Å². The molecule has 0 radical (unpaired) electrons. The zero-order valence-electron chi connectivity index (χ0n) is 16.9. The van der Waals surface area contributed by atoms with Gasteiger partial charge in [0.1, 0.15) is 5.60 Å². The zero-order valence-corrected chi connectivity index (χ0v) is 16.9. The highest BCUT2D eigenvalue weighted by Crippen LogP contribution is 2.46. The summed E-state index contributed by atoms with van der Waals surface area (Å²) in [7, 11) is 1.63. The molecule has 1 saturated carbocycles. The van der Waals surface area contributed by atoms with Crippen molar-refractivity contribution in [3.8, 4) is 0 Å². The number of carbonyl (C=O) groups is 2. The van der Waals surface area contributed by atoms with Gasteiger partial charge >= 0.3 is 5.97 Å². The molecule has 1 atom stereocenters. The lowest BCUT2D eigenvalue weighted by Crippen LogP contribution is -2.45. The summed E-state index contributed by atoms with van der Waals surface area (Å²) in [6.07, 6.45) is 3.79. The number of hydrogen-bond donors (Lipinski definition) is 0. The number of nitrogens with zero attached hydrogens (tertiary/aromatic N) is 3. The first-order chi connectivity index (χ1) is 12.9. The van der Waals surface area contributed by atoms with Crippen LogP contribution < -0.4 is 0 Å². The van der Waals surface area contributed by atoms with Crippen LogP contribution in [0.1, 0.15) is 56.0 Å². The lowest BCUT2D eigenvalue weighted by Gasteiger charge is -2.32. The number of esters is 1. The molecule has 7 heteroatoms. The summed E-state index contributed by atoms with van der Waals surface area (Å²) in [6, 6.07) is 0. The van der Waals surface area contributed by atoms with E-state index in [0.29, 0.717) is 19.7 Å². The first-order valence-electron chi connectivity index (χ1n) is 9.94. The fraction of sp³-hybridized carbons (Fsp3) is 0.750. The van der Waals surface area contributed by atoms with Crippen molar-refractivity contribution in [1.82, 2.24) is 14.7 Å². The maximum Gasteiger partial charge on any atom is 0.307 e. The van der Waals surface area contributed by atoms with Crippen LogP contribution in [0.15, 0.2) is 0 Å². The molecule has 150 valence electrons. The highest BCUT2D eigenvalue weighted by Gasteiger charge is 2.54.